The van der Waals surface area contributed by atoms with Gasteiger partial charge in [-0.15, -0.1) is 0 Å². The van der Waals surface area contributed by atoms with E-state index < -0.39 is 24.1 Å². The van der Waals surface area contributed by atoms with Gasteiger partial charge in [0.25, 0.3) is 0 Å². The summed E-state index contributed by atoms with van der Waals surface area (Å²) in [5.41, 5.74) is 3.51. The lowest BCUT2D eigenvalue weighted by molar-refractivity contribution is -0.162. The number of ether oxygens (including phenoxy) is 4. The van der Waals surface area contributed by atoms with Crippen LogP contribution in [0.15, 0.2) is 97.1 Å². The van der Waals surface area contributed by atoms with Crippen LogP contribution in [0.2, 0.25) is 0 Å². The van der Waals surface area contributed by atoms with E-state index in [1.54, 1.807) is 19.1 Å². The Kier molecular flexibility index (Phi) is 12.7. The number of aliphatic carboxylic acids is 1. The van der Waals surface area contributed by atoms with Crippen LogP contribution in [0.25, 0.3) is 0 Å². The van der Waals surface area contributed by atoms with Gasteiger partial charge in [0, 0.05) is 25.1 Å². The summed E-state index contributed by atoms with van der Waals surface area (Å²) < 4.78 is 23.9. The molecule has 2 fully saturated rings. The molecule has 2 N–H and O–H groups in total. The van der Waals surface area contributed by atoms with Gasteiger partial charge >= 0.3 is 11.9 Å². The van der Waals surface area contributed by atoms with Crippen molar-refractivity contribution in [2.24, 2.45) is 0 Å². The van der Waals surface area contributed by atoms with Crippen molar-refractivity contribution in [1.29, 1.82) is 0 Å². The molecule has 5 atom stereocenters. The van der Waals surface area contributed by atoms with Crippen molar-refractivity contribution in [2.75, 3.05) is 31.7 Å². The van der Waals surface area contributed by atoms with Crippen LogP contribution in [0.4, 0.5) is 11.4 Å². The number of aliphatic hydroxyl groups is 1. The highest BCUT2D eigenvalue weighted by atomic mass is 127. The van der Waals surface area contributed by atoms with Crippen LogP contribution in [0.1, 0.15) is 49.8 Å². The third-order valence-electron chi connectivity index (χ3n) is 9.84. The van der Waals surface area contributed by atoms with Gasteiger partial charge in [-0.05, 0) is 110 Å². The van der Waals surface area contributed by atoms with Gasteiger partial charge in [0.05, 0.1) is 21.5 Å². The number of rotatable bonds is 12. The topological polar surface area (TPSA) is 118 Å². The van der Waals surface area contributed by atoms with E-state index in [1.807, 2.05) is 84.9 Å². The van der Waals surface area contributed by atoms with Crippen LogP contribution in [0, 0.1) is 3.57 Å². The summed E-state index contributed by atoms with van der Waals surface area (Å²) in [6, 6.07) is 31.7. The summed E-state index contributed by atoms with van der Waals surface area (Å²) in [5.74, 6) is 0.950. The zero-order valence-corrected chi connectivity index (χ0v) is 31.6. The number of anilines is 2. The third-order valence-corrected chi connectivity index (χ3v) is 10.7. The molecule has 2 saturated heterocycles. The number of carboxylic acids is 1. The van der Waals surface area contributed by atoms with Crippen molar-refractivity contribution in [3.63, 3.8) is 0 Å². The molecule has 4 aromatic carbocycles. The largest absolute Gasteiger partial charge is 0.491 e. The predicted molar refractivity (Wildman–Crippen MR) is 206 cm³/mol. The molecule has 3 aliphatic rings. The molecule has 0 radical (unpaired) electrons. The Bertz CT molecular complexity index is 1760. The number of hydrogen-bond donors (Lipinski definition) is 2. The number of piperidine rings is 1. The fourth-order valence-corrected chi connectivity index (χ4v) is 7.88. The highest BCUT2D eigenvalue weighted by Gasteiger charge is 2.40. The molecule has 10 nitrogen and oxygen atoms in total. The van der Waals surface area contributed by atoms with E-state index in [0.717, 1.165) is 50.6 Å². The smallest absolute Gasteiger partial charge is 0.339 e. The first-order chi connectivity index (χ1) is 25.2. The van der Waals surface area contributed by atoms with Crippen LogP contribution in [-0.2, 0) is 25.5 Å². The molecule has 11 heteroatoms. The number of carboxylic acid groups (broad SMARTS) is 1. The van der Waals surface area contributed by atoms with Gasteiger partial charge in [-0.25, -0.2) is 9.59 Å². The van der Waals surface area contributed by atoms with Gasteiger partial charge in [-0.1, -0.05) is 60.7 Å². The van der Waals surface area contributed by atoms with Crippen molar-refractivity contribution in [3.05, 3.63) is 112 Å². The Balaban J connectivity index is 0.000000198. The number of carbonyl (C=O) groups is 2. The SMILES string of the molecule is CCOC(Cc1ccc(OCCN2c3ccccc3Oc3ccccc32)c(I)c1)C(=O)O.CN1[C@@H]2CC[C@H]1C[C@@H](OC(=O)C(O)c1ccccc1)C2. The number of esters is 1. The lowest BCUT2D eigenvalue weighted by Gasteiger charge is -2.36. The Labute approximate surface area is 318 Å². The molecule has 0 amide bonds. The molecule has 0 spiro atoms. The van der Waals surface area contributed by atoms with Crippen LogP contribution in [0.3, 0.4) is 0 Å². The number of aliphatic hydroxyl groups excluding tert-OH is 1. The van der Waals surface area contributed by atoms with Crippen molar-refractivity contribution in [3.8, 4) is 17.2 Å². The van der Waals surface area contributed by atoms with Crippen molar-refractivity contribution < 1.29 is 38.7 Å². The lowest BCUT2D eigenvalue weighted by atomic mass is 10.0. The maximum atomic E-state index is 12.0. The average molecular weight is 821 g/mol. The van der Waals surface area contributed by atoms with Crippen LogP contribution in [0.5, 0.6) is 17.2 Å². The molecule has 7 rings (SSSR count). The Morgan fingerprint density at radius 1 is 0.904 bits per heavy atom. The summed E-state index contributed by atoms with van der Waals surface area (Å²) in [6.45, 7) is 3.29. The van der Waals surface area contributed by atoms with E-state index in [-0.39, 0.29) is 6.10 Å². The summed E-state index contributed by atoms with van der Waals surface area (Å²) in [4.78, 5) is 28.0. The molecular formula is C41H45IN2O8. The Morgan fingerprint density at radius 2 is 1.52 bits per heavy atom. The second kappa shape index (κ2) is 17.6. The minimum atomic E-state index is -1.17. The fraction of sp³-hybridized carbons (Fsp3) is 0.366. The number of para-hydroxylation sites is 4. The number of benzene rings is 4. The van der Waals surface area contributed by atoms with Gasteiger partial charge in [-0.2, -0.15) is 0 Å². The molecule has 0 aliphatic carbocycles. The van der Waals surface area contributed by atoms with Gasteiger partial charge in [-0.3, -0.25) is 0 Å². The number of halogens is 1. The van der Waals surface area contributed by atoms with Crippen molar-refractivity contribution >= 4 is 45.9 Å². The first-order valence-electron chi connectivity index (χ1n) is 17.8. The van der Waals surface area contributed by atoms with Gasteiger partial charge in [0.1, 0.15) is 18.5 Å². The zero-order valence-electron chi connectivity index (χ0n) is 29.4. The number of hydrogen-bond acceptors (Lipinski definition) is 9. The fourth-order valence-electron chi connectivity index (χ4n) is 7.15. The molecule has 3 aliphatic heterocycles. The maximum absolute atomic E-state index is 12.0. The molecule has 3 heterocycles. The molecule has 2 bridgehead atoms. The van der Waals surface area contributed by atoms with Crippen molar-refractivity contribution in [2.45, 2.75) is 69.4 Å². The number of fused-ring (bicyclic) bond motifs is 4. The van der Waals surface area contributed by atoms with Crippen LogP contribution in [-0.4, -0.2) is 78.1 Å². The van der Waals surface area contributed by atoms with Crippen LogP contribution >= 0.6 is 22.6 Å². The number of nitrogens with zero attached hydrogens (tertiary/aromatic N) is 2. The second-order valence-corrected chi connectivity index (χ2v) is 14.3. The Morgan fingerprint density at radius 3 is 2.12 bits per heavy atom. The molecule has 52 heavy (non-hydrogen) atoms. The van der Waals surface area contributed by atoms with Crippen LogP contribution < -0.4 is 14.4 Å². The van der Waals surface area contributed by atoms with E-state index in [9.17, 15) is 19.8 Å². The van der Waals surface area contributed by atoms with E-state index in [4.69, 9.17) is 18.9 Å². The standard InChI is InChI=1S/C25H24INO5.C16H21NO3/c1-2-30-24(25(28)29)16-17-11-12-21(18(26)15-17)31-14-13-27-19-7-3-5-9-22(19)32-23-10-6-4-8-20(23)27;1-17-12-7-8-13(17)10-14(9-12)20-16(19)15(18)11-5-3-2-4-6-11/h3-12,15,24H,2,13-14,16H2,1H3,(H,28,29);2-6,12-15,18H,7-10H2,1H3/t;12-,13+,14+,15?. The van der Waals surface area contributed by atoms with Crippen molar-refractivity contribution in [1.82, 2.24) is 4.90 Å². The molecular weight excluding hydrogens is 775 g/mol. The van der Waals surface area contributed by atoms with Gasteiger partial charge in [0.15, 0.2) is 23.7 Å². The highest BCUT2D eigenvalue weighted by Crippen LogP contribution is 2.46. The zero-order chi connectivity index (χ0) is 36.6. The summed E-state index contributed by atoms with van der Waals surface area (Å²) in [6.07, 6.45) is 2.42. The molecule has 274 valence electrons. The van der Waals surface area contributed by atoms with E-state index in [2.05, 4.69) is 39.4 Å². The predicted octanol–water partition coefficient (Wildman–Crippen LogP) is 7.53. The first-order valence-corrected chi connectivity index (χ1v) is 18.8. The van der Waals surface area contributed by atoms with E-state index in [1.165, 1.54) is 12.8 Å². The van der Waals surface area contributed by atoms with Gasteiger partial charge < -0.3 is 39.0 Å². The molecule has 2 unspecified atom stereocenters. The lowest BCUT2D eigenvalue weighted by Crippen LogP contribution is -2.43. The maximum Gasteiger partial charge on any atom is 0.339 e. The van der Waals surface area contributed by atoms with E-state index >= 15 is 0 Å². The monoisotopic (exact) mass is 820 g/mol. The quantitative estimate of drug-likeness (QED) is 0.110. The molecule has 4 aromatic rings. The minimum Gasteiger partial charge on any atom is -0.491 e. The first kappa shape index (κ1) is 37.6. The third kappa shape index (κ3) is 9.06. The minimum absolute atomic E-state index is 0.0467. The molecule has 0 saturated carbocycles. The van der Waals surface area contributed by atoms with E-state index in [0.29, 0.717) is 43.8 Å². The average Bonchev–Trinajstić information content (AvgIpc) is 3.34. The Hall–Kier alpha value is -4.17. The summed E-state index contributed by atoms with van der Waals surface area (Å²) >= 11 is 2.22. The van der Waals surface area contributed by atoms with Gasteiger partial charge in [0.2, 0.25) is 0 Å². The summed E-state index contributed by atoms with van der Waals surface area (Å²) in [7, 11) is 2.15. The number of carbonyl (C=O) groups excluding carboxylic acids is 1. The summed E-state index contributed by atoms with van der Waals surface area (Å²) in [5, 5.41) is 19.3. The second-order valence-electron chi connectivity index (χ2n) is 13.2. The highest BCUT2D eigenvalue weighted by molar-refractivity contribution is 14.1. The normalized spacial score (nSPS) is 19.9. The molecule has 0 aromatic heterocycles.